The first-order valence-corrected chi connectivity index (χ1v) is 15.3. The Balaban J connectivity index is 1.34. The number of hydrogen-bond acceptors (Lipinski definition) is 3. The molecule has 0 aromatic heterocycles. The van der Waals surface area contributed by atoms with Crippen LogP contribution in [-0.4, -0.2) is 41.2 Å². The molecule has 1 aliphatic carbocycles. The minimum absolute atomic E-state index is 0.0102. The van der Waals surface area contributed by atoms with Crippen LogP contribution in [0.25, 0.3) is 0 Å². The van der Waals surface area contributed by atoms with Gasteiger partial charge in [0, 0.05) is 13.6 Å². The highest BCUT2D eigenvalue weighted by Crippen LogP contribution is 2.48. The van der Waals surface area contributed by atoms with Crippen molar-refractivity contribution >= 4 is 23.6 Å². The molecule has 3 aromatic carbocycles. The van der Waals surface area contributed by atoms with E-state index in [0.717, 1.165) is 44.3 Å². The van der Waals surface area contributed by atoms with Crippen molar-refractivity contribution in [2.75, 3.05) is 19.3 Å². The predicted molar refractivity (Wildman–Crippen MR) is 161 cm³/mol. The molecular weight excluding hydrogens is 502 g/mol. The van der Waals surface area contributed by atoms with Crippen LogP contribution in [0.2, 0.25) is 0 Å². The summed E-state index contributed by atoms with van der Waals surface area (Å²) >= 11 is 2.00. The SMILES string of the molecule is CN(CCCCCCSC(c1ccccc1)(c1ccccc1)c1ccccc1)C(=O)[C@H]1CCCC[C@H]1C(=O)O. The van der Waals surface area contributed by atoms with Crippen LogP contribution in [0.1, 0.15) is 68.1 Å². The maximum atomic E-state index is 13.0. The van der Waals surface area contributed by atoms with Crippen LogP contribution in [0, 0.1) is 11.8 Å². The van der Waals surface area contributed by atoms with Crippen molar-refractivity contribution in [1.82, 2.24) is 4.90 Å². The lowest BCUT2D eigenvalue weighted by Crippen LogP contribution is -2.41. The number of aliphatic carboxylic acids is 1. The summed E-state index contributed by atoms with van der Waals surface area (Å²) in [4.78, 5) is 26.3. The maximum absolute atomic E-state index is 13.0. The van der Waals surface area contributed by atoms with Gasteiger partial charge in [0.1, 0.15) is 0 Å². The topological polar surface area (TPSA) is 57.6 Å². The number of carboxylic acids is 1. The average molecular weight is 544 g/mol. The van der Waals surface area contributed by atoms with Gasteiger partial charge >= 0.3 is 5.97 Å². The van der Waals surface area contributed by atoms with Gasteiger partial charge in [0.15, 0.2) is 0 Å². The van der Waals surface area contributed by atoms with Crippen LogP contribution in [0.3, 0.4) is 0 Å². The van der Waals surface area contributed by atoms with Gasteiger partial charge in [0.2, 0.25) is 5.91 Å². The van der Waals surface area contributed by atoms with Crippen molar-refractivity contribution in [2.45, 2.75) is 56.1 Å². The van der Waals surface area contributed by atoms with Crippen molar-refractivity contribution in [1.29, 1.82) is 0 Å². The molecule has 1 amide bonds. The molecule has 0 heterocycles. The van der Waals surface area contributed by atoms with Gasteiger partial charge < -0.3 is 10.0 Å². The molecule has 4 rings (SSSR count). The molecule has 4 nitrogen and oxygen atoms in total. The van der Waals surface area contributed by atoms with Crippen LogP contribution in [0.5, 0.6) is 0 Å². The van der Waals surface area contributed by atoms with Crippen molar-refractivity contribution in [3.05, 3.63) is 108 Å². The van der Waals surface area contributed by atoms with Crippen LogP contribution in [0.15, 0.2) is 91.0 Å². The average Bonchev–Trinajstić information content (AvgIpc) is 2.99. The predicted octanol–water partition coefficient (Wildman–Crippen LogP) is 7.62. The fraction of sp³-hybridized carbons (Fsp3) is 0.412. The number of benzene rings is 3. The summed E-state index contributed by atoms with van der Waals surface area (Å²) < 4.78 is -0.281. The number of rotatable bonds is 13. The minimum Gasteiger partial charge on any atom is -0.481 e. The molecule has 1 saturated carbocycles. The van der Waals surface area contributed by atoms with E-state index in [4.69, 9.17) is 0 Å². The second kappa shape index (κ2) is 14.4. The molecule has 2 atom stereocenters. The maximum Gasteiger partial charge on any atom is 0.307 e. The van der Waals surface area contributed by atoms with Gasteiger partial charge in [-0.2, -0.15) is 0 Å². The van der Waals surface area contributed by atoms with Gasteiger partial charge in [0.05, 0.1) is 16.6 Å². The molecule has 3 aromatic rings. The Morgan fingerprint density at radius 1 is 0.744 bits per heavy atom. The van der Waals surface area contributed by atoms with E-state index in [-0.39, 0.29) is 16.6 Å². The quantitative estimate of drug-likeness (QED) is 0.178. The van der Waals surface area contributed by atoms with Gasteiger partial charge in [0.25, 0.3) is 0 Å². The van der Waals surface area contributed by atoms with Gasteiger partial charge in [-0.3, -0.25) is 9.59 Å². The summed E-state index contributed by atoms with van der Waals surface area (Å²) in [6, 6.07) is 32.4. The third-order valence-electron chi connectivity index (χ3n) is 8.02. The molecule has 0 aliphatic heterocycles. The third kappa shape index (κ3) is 7.13. The fourth-order valence-corrected chi connectivity index (χ4v) is 7.48. The van der Waals surface area contributed by atoms with Gasteiger partial charge in [-0.1, -0.05) is 117 Å². The first-order valence-electron chi connectivity index (χ1n) is 14.3. The number of nitrogens with zero attached hydrogens (tertiary/aromatic N) is 1. The minimum atomic E-state index is -0.823. The summed E-state index contributed by atoms with van der Waals surface area (Å²) in [5, 5.41) is 9.54. The largest absolute Gasteiger partial charge is 0.481 e. The summed E-state index contributed by atoms with van der Waals surface area (Å²) in [6.07, 6.45) is 7.37. The molecule has 0 spiro atoms. The van der Waals surface area contributed by atoms with E-state index in [0.29, 0.717) is 19.4 Å². The van der Waals surface area contributed by atoms with Crippen molar-refractivity contribution in [3.63, 3.8) is 0 Å². The number of carbonyl (C=O) groups excluding carboxylic acids is 1. The van der Waals surface area contributed by atoms with Crippen LogP contribution in [0.4, 0.5) is 0 Å². The number of hydrogen-bond donors (Lipinski definition) is 1. The summed E-state index contributed by atoms with van der Waals surface area (Å²) in [5.41, 5.74) is 3.86. The molecule has 39 heavy (non-hydrogen) atoms. The number of unbranched alkanes of at least 4 members (excludes halogenated alkanes) is 3. The summed E-state index contributed by atoms with van der Waals surface area (Å²) in [5.74, 6) is -0.673. The Morgan fingerprint density at radius 2 is 1.21 bits per heavy atom. The number of carboxylic acid groups (broad SMARTS) is 1. The lowest BCUT2D eigenvalue weighted by atomic mass is 9.78. The molecule has 0 radical (unpaired) electrons. The molecule has 0 unspecified atom stereocenters. The van der Waals surface area contributed by atoms with Gasteiger partial charge in [-0.05, 0) is 48.1 Å². The Bertz CT molecular complexity index is 1070. The Kier molecular flexibility index (Phi) is 10.7. The van der Waals surface area contributed by atoms with Crippen LogP contribution in [-0.2, 0) is 14.3 Å². The normalized spacial score (nSPS) is 17.5. The third-order valence-corrected chi connectivity index (χ3v) is 9.66. The van der Waals surface area contributed by atoms with E-state index < -0.39 is 11.9 Å². The van der Waals surface area contributed by atoms with E-state index >= 15 is 0 Å². The molecule has 1 N–H and O–H groups in total. The molecule has 0 saturated heterocycles. The van der Waals surface area contributed by atoms with Crippen molar-refractivity contribution in [2.24, 2.45) is 11.8 Å². The molecule has 1 fully saturated rings. The first-order chi connectivity index (χ1) is 19.0. The number of amides is 1. The van der Waals surface area contributed by atoms with Gasteiger partial charge in [-0.25, -0.2) is 0 Å². The molecule has 1 aliphatic rings. The standard InChI is InChI=1S/C34H41NO3S/c1-35(32(36)30-23-13-14-24-31(30)33(37)38)25-15-2-3-16-26-39-34(27-17-7-4-8-18-27,28-19-9-5-10-20-28)29-21-11-6-12-22-29/h4-12,17-22,30-31H,2-3,13-16,23-26H2,1H3,(H,37,38)/t30-,31+/m0/s1. The number of carbonyl (C=O) groups is 2. The Hall–Kier alpha value is -3.05. The number of thioether (sulfide) groups is 1. The van der Waals surface area contributed by atoms with Crippen molar-refractivity contribution in [3.8, 4) is 0 Å². The van der Waals surface area contributed by atoms with Crippen LogP contribution >= 0.6 is 11.8 Å². The zero-order chi connectivity index (χ0) is 27.5. The second-order valence-electron chi connectivity index (χ2n) is 10.6. The summed E-state index contributed by atoms with van der Waals surface area (Å²) in [7, 11) is 1.83. The molecule has 0 bridgehead atoms. The van der Waals surface area contributed by atoms with E-state index in [1.165, 1.54) is 16.7 Å². The summed E-state index contributed by atoms with van der Waals surface area (Å²) in [6.45, 7) is 0.691. The zero-order valence-corrected chi connectivity index (χ0v) is 23.8. The second-order valence-corrected chi connectivity index (χ2v) is 11.9. The van der Waals surface area contributed by atoms with Crippen LogP contribution < -0.4 is 0 Å². The molecule has 5 heteroatoms. The van der Waals surface area contributed by atoms with Gasteiger partial charge in [-0.15, -0.1) is 11.8 Å². The Morgan fingerprint density at radius 3 is 1.69 bits per heavy atom. The van der Waals surface area contributed by atoms with Crippen molar-refractivity contribution < 1.29 is 14.7 Å². The highest BCUT2D eigenvalue weighted by atomic mass is 32.2. The fourth-order valence-electron chi connectivity index (χ4n) is 5.91. The lowest BCUT2D eigenvalue weighted by Gasteiger charge is -2.35. The highest BCUT2D eigenvalue weighted by molar-refractivity contribution is 8.00. The van der Waals surface area contributed by atoms with E-state index in [1.54, 1.807) is 4.90 Å². The monoisotopic (exact) mass is 543 g/mol. The molecular formula is C34H41NO3S. The van der Waals surface area contributed by atoms with E-state index in [9.17, 15) is 14.7 Å². The lowest BCUT2D eigenvalue weighted by molar-refractivity contribution is -0.151. The first kappa shape index (κ1) is 28.9. The Labute approximate surface area is 237 Å². The smallest absolute Gasteiger partial charge is 0.307 e. The molecule has 206 valence electrons. The van der Waals surface area contributed by atoms with E-state index in [2.05, 4.69) is 91.0 Å². The zero-order valence-electron chi connectivity index (χ0n) is 23.0. The highest BCUT2D eigenvalue weighted by Gasteiger charge is 2.37. The van der Waals surface area contributed by atoms with E-state index in [1.807, 2.05) is 18.8 Å².